The summed E-state index contributed by atoms with van der Waals surface area (Å²) >= 11 is 0. The van der Waals surface area contributed by atoms with Gasteiger partial charge in [0, 0.05) is 24.4 Å². The average molecular weight is 413 g/mol. The van der Waals surface area contributed by atoms with E-state index in [1.807, 2.05) is 0 Å². The molecule has 1 aromatic heterocycles. The maximum atomic E-state index is 12.6. The number of hydrogen-bond donors (Lipinski definition) is 1. The Morgan fingerprint density at radius 3 is 2.60 bits per heavy atom. The van der Waals surface area contributed by atoms with Crippen molar-refractivity contribution in [2.24, 2.45) is 0 Å². The van der Waals surface area contributed by atoms with Crippen molar-refractivity contribution in [2.75, 3.05) is 26.2 Å². The van der Waals surface area contributed by atoms with E-state index in [-0.39, 0.29) is 17.1 Å². The lowest BCUT2D eigenvalue weighted by molar-refractivity contribution is -0.384. The zero-order valence-corrected chi connectivity index (χ0v) is 17.2. The zero-order chi connectivity index (χ0) is 21.5. The van der Waals surface area contributed by atoms with Crippen molar-refractivity contribution in [3.8, 4) is 5.69 Å². The number of carbonyl (C=O) groups is 1. The van der Waals surface area contributed by atoms with Crippen LogP contribution >= 0.6 is 0 Å². The van der Waals surface area contributed by atoms with E-state index in [2.05, 4.69) is 15.3 Å². The van der Waals surface area contributed by atoms with Crippen LogP contribution in [0, 0.1) is 17.0 Å². The number of nitro benzene ring substituents is 1. The van der Waals surface area contributed by atoms with E-state index in [1.165, 1.54) is 48.6 Å². The van der Waals surface area contributed by atoms with Crippen molar-refractivity contribution in [1.29, 1.82) is 0 Å². The maximum Gasteiger partial charge on any atom is 0.294 e. The SMILES string of the molecule is Cc1cc(=O)c(C(=O)NCCCN2CCCCCC2)nn1-c1ccccc1[N+](=O)[O-]. The van der Waals surface area contributed by atoms with Crippen molar-refractivity contribution in [1.82, 2.24) is 20.0 Å². The highest BCUT2D eigenvalue weighted by molar-refractivity contribution is 5.92. The minimum atomic E-state index is -0.566. The number of aryl methyl sites for hydroxylation is 1. The van der Waals surface area contributed by atoms with Crippen LogP contribution in [0.5, 0.6) is 0 Å². The van der Waals surface area contributed by atoms with Crippen LogP contribution in [0.3, 0.4) is 0 Å². The van der Waals surface area contributed by atoms with E-state index in [1.54, 1.807) is 19.1 Å². The average Bonchev–Trinajstić information content (AvgIpc) is 3.00. The predicted molar refractivity (Wildman–Crippen MR) is 113 cm³/mol. The first-order valence-electron chi connectivity index (χ1n) is 10.3. The van der Waals surface area contributed by atoms with Crippen LogP contribution in [-0.4, -0.2) is 51.7 Å². The van der Waals surface area contributed by atoms with Gasteiger partial charge in [0.15, 0.2) is 5.69 Å². The van der Waals surface area contributed by atoms with Crippen molar-refractivity contribution in [2.45, 2.75) is 39.0 Å². The Balaban J connectivity index is 1.70. The molecule has 0 spiro atoms. The van der Waals surface area contributed by atoms with Gasteiger partial charge < -0.3 is 10.2 Å². The monoisotopic (exact) mass is 413 g/mol. The van der Waals surface area contributed by atoms with Gasteiger partial charge in [-0.25, -0.2) is 4.68 Å². The zero-order valence-electron chi connectivity index (χ0n) is 17.2. The van der Waals surface area contributed by atoms with Gasteiger partial charge in [0.2, 0.25) is 5.43 Å². The lowest BCUT2D eigenvalue weighted by Gasteiger charge is -2.19. The lowest BCUT2D eigenvalue weighted by atomic mass is 10.2. The van der Waals surface area contributed by atoms with Gasteiger partial charge in [0.25, 0.3) is 11.6 Å². The second-order valence-corrected chi connectivity index (χ2v) is 7.52. The van der Waals surface area contributed by atoms with Crippen LogP contribution in [0.25, 0.3) is 5.69 Å². The van der Waals surface area contributed by atoms with Crippen LogP contribution in [-0.2, 0) is 0 Å². The first-order valence-corrected chi connectivity index (χ1v) is 10.3. The van der Waals surface area contributed by atoms with Gasteiger partial charge in [-0.15, -0.1) is 0 Å². The van der Waals surface area contributed by atoms with E-state index < -0.39 is 16.3 Å². The molecule has 1 fully saturated rings. The van der Waals surface area contributed by atoms with Gasteiger partial charge in [-0.2, -0.15) is 5.10 Å². The summed E-state index contributed by atoms with van der Waals surface area (Å²) in [4.78, 5) is 38.1. The molecular weight excluding hydrogens is 386 g/mol. The van der Waals surface area contributed by atoms with Crippen molar-refractivity contribution in [3.63, 3.8) is 0 Å². The van der Waals surface area contributed by atoms with Gasteiger partial charge in [-0.1, -0.05) is 25.0 Å². The number of nitro groups is 1. The second-order valence-electron chi connectivity index (χ2n) is 7.52. The molecule has 1 saturated heterocycles. The fourth-order valence-corrected chi connectivity index (χ4v) is 3.69. The molecule has 160 valence electrons. The van der Waals surface area contributed by atoms with E-state index in [4.69, 9.17) is 0 Å². The number of nitrogens with zero attached hydrogens (tertiary/aromatic N) is 4. The quantitative estimate of drug-likeness (QED) is 0.424. The topological polar surface area (TPSA) is 110 Å². The Morgan fingerprint density at radius 1 is 1.20 bits per heavy atom. The smallest absolute Gasteiger partial charge is 0.294 e. The molecule has 0 atom stereocenters. The van der Waals surface area contributed by atoms with Crippen LogP contribution < -0.4 is 10.7 Å². The van der Waals surface area contributed by atoms with E-state index in [0.717, 1.165) is 26.1 Å². The number of likely N-dealkylation sites (tertiary alicyclic amines) is 1. The van der Waals surface area contributed by atoms with Gasteiger partial charge in [-0.3, -0.25) is 19.7 Å². The highest BCUT2D eigenvalue weighted by Crippen LogP contribution is 2.22. The largest absolute Gasteiger partial charge is 0.350 e. The summed E-state index contributed by atoms with van der Waals surface area (Å²) in [5, 5.41) is 18.2. The number of rotatable bonds is 7. The summed E-state index contributed by atoms with van der Waals surface area (Å²) in [7, 11) is 0. The Bertz CT molecular complexity index is 964. The Morgan fingerprint density at radius 2 is 1.90 bits per heavy atom. The maximum absolute atomic E-state index is 12.6. The summed E-state index contributed by atoms with van der Waals surface area (Å²) in [5.41, 5.74) is -0.316. The standard InChI is InChI=1S/C21H27N5O4/c1-16-15-19(27)20(23-25(16)17-9-4-5-10-18(17)26(29)30)21(28)22-11-8-14-24-12-6-2-3-7-13-24/h4-5,9-10,15H,2-3,6-8,11-14H2,1H3,(H,22,28). The summed E-state index contributed by atoms with van der Waals surface area (Å²) in [6.45, 7) is 5.15. The molecular formula is C21H27N5O4. The number of amides is 1. The van der Waals surface area contributed by atoms with Crippen LogP contribution in [0.15, 0.2) is 35.1 Å². The molecule has 1 aliphatic heterocycles. The molecule has 1 aromatic carbocycles. The molecule has 1 N–H and O–H groups in total. The Hall–Kier alpha value is -3.07. The Labute approximate surface area is 174 Å². The summed E-state index contributed by atoms with van der Waals surface area (Å²) in [5.74, 6) is -0.566. The number of nitrogens with one attached hydrogen (secondary N) is 1. The number of para-hydroxylation sites is 2. The van der Waals surface area contributed by atoms with E-state index >= 15 is 0 Å². The van der Waals surface area contributed by atoms with Gasteiger partial charge in [0.1, 0.15) is 5.69 Å². The molecule has 9 heteroatoms. The molecule has 3 rings (SSSR count). The van der Waals surface area contributed by atoms with Crippen molar-refractivity contribution >= 4 is 11.6 Å². The molecule has 1 amide bonds. The first-order chi connectivity index (χ1) is 14.5. The molecule has 2 heterocycles. The number of hydrogen-bond acceptors (Lipinski definition) is 6. The molecule has 1 aliphatic rings. The Kier molecular flexibility index (Phi) is 7.29. The molecule has 0 aliphatic carbocycles. The molecule has 2 aromatic rings. The summed E-state index contributed by atoms with van der Waals surface area (Å²) < 4.78 is 1.27. The van der Waals surface area contributed by atoms with Crippen molar-refractivity contribution in [3.05, 3.63) is 62.1 Å². The molecule has 0 saturated carbocycles. The van der Waals surface area contributed by atoms with E-state index in [9.17, 15) is 19.7 Å². The summed E-state index contributed by atoms with van der Waals surface area (Å²) in [6.07, 6.45) is 5.77. The molecule has 0 bridgehead atoms. The van der Waals surface area contributed by atoms with Crippen LogP contribution in [0.1, 0.15) is 48.3 Å². The molecule has 9 nitrogen and oxygen atoms in total. The molecule has 30 heavy (non-hydrogen) atoms. The van der Waals surface area contributed by atoms with Crippen LogP contribution in [0.4, 0.5) is 5.69 Å². The van der Waals surface area contributed by atoms with Crippen LogP contribution in [0.2, 0.25) is 0 Å². The highest BCUT2D eigenvalue weighted by Gasteiger charge is 2.20. The first kappa shape index (κ1) is 21.6. The summed E-state index contributed by atoms with van der Waals surface area (Å²) in [6, 6.07) is 7.36. The molecule has 0 unspecified atom stereocenters. The minimum Gasteiger partial charge on any atom is -0.350 e. The third kappa shape index (κ3) is 5.29. The highest BCUT2D eigenvalue weighted by atomic mass is 16.6. The fraction of sp³-hybridized carbons (Fsp3) is 0.476. The third-order valence-corrected chi connectivity index (χ3v) is 5.26. The molecule has 0 radical (unpaired) electrons. The fourth-order valence-electron chi connectivity index (χ4n) is 3.69. The number of benzene rings is 1. The van der Waals surface area contributed by atoms with E-state index in [0.29, 0.717) is 12.2 Å². The number of aromatic nitrogens is 2. The van der Waals surface area contributed by atoms with Gasteiger partial charge >= 0.3 is 0 Å². The third-order valence-electron chi connectivity index (χ3n) is 5.26. The minimum absolute atomic E-state index is 0.152. The lowest BCUT2D eigenvalue weighted by Crippen LogP contribution is -2.34. The number of carbonyl (C=O) groups excluding carboxylic acids is 1. The van der Waals surface area contributed by atoms with Gasteiger partial charge in [-0.05, 0) is 51.9 Å². The second kappa shape index (κ2) is 10.1. The predicted octanol–water partition coefficient (Wildman–Crippen LogP) is 2.45. The normalized spacial score (nSPS) is 14.8. The van der Waals surface area contributed by atoms with Crippen molar-refractivity contribution < 1.29 is 9.72 Å². The van der Waals surface area contributed by atoms with Gasteiger partial charge in [0.05, 0.1) is 4.92 Å².